The number of benzene rings is 1. The maximum Gasteiger partial charge on any atom is 0.0626 e. The van der Waals surface area contributed by atoms with E-state index in [9.17, 15) is 5.11 Å². The maximum atomic E-state index is 10.5. The number of hydrogen-bond donors (Lipinski definition) is 1. The Morgan fingerprint density at radius 1 is 1.35 bits per heavy atom. The van der Waals surface area contributed by atoms with Crippen LogP contribution in [-0.4, -0.2) is 21.0 Å². The molecule has 0 fully saturated rings. The van der Waals surface area contributed by atoms with Crippen LogP contribution in [-0.2, 0) is 26.3 Å². The Balaban J connectivity index is 1.70. The minimum atomic E-state index is -0.279. The number of nitrogens with zero attached hydrogens (tertiary/aromatic N) is 2. The number of aliphatic hydroxyl groups excluding tert-OH is 1. The van der Waals surface area contributed by atoms with Gasteiger partial charge in [0.05, 0.1) is 11.8 Å². The first-order valence-corrected chi connectivity index (χ1v) is 7.38. The van der Waals surface area contributed by atoms with Crippen LogP contribution in [0.15, 0.2) is 30.3 Å². The second-order valence-electron chi connectivity index (χ2n) is 5.94. The smallest absolute Gasteiger partial charge is 0.0626 e. The molecule has 3 nitrogen and oxygen atoms in total. The first kappa shape index (κ1) is 13.4. The van der Waals surface area contributed by atoms with Gasteiger partial charge in [0.1, 0.15) is 0 Å². The fourth-order valence-corrected chi connectivity index (χ4v) is 3.29. The summed E-state index contributed by atoms with van der Waals surface area (Å²) in [4.78, 5) is 0. The predicted molar refractivity (Wildman–Crippen MR) is 79.6 cm³/mol. The summed E-state index contributed by atoms with van der Waals surface area (Å²) in [6, 6.07) is 10.7. The molecule has 106 valence electrons. The topological polar surface area (TPSA) is 38.0 Å². The van der Waals surface area contributed by atoms with E-state index in [0.29, 0.717) is 12.3 Å². The van der Waals surface area contributed by atoms with E-state index in [2.05, 4.69) is 35.4 Å². The van der Waals surface area contributed by atoms with Gasteiger partial charge in [-0.25, -0.2) is 0 Å². The maximum absolute atomic E-state index is 10.5. The minimum Gasteiger partial charge on any atom is -0.392 e. The standard InChI is InChI=1S/C17H22N2O/c1-12-9-16(19(2)18-12)11-17(20)15-8-7-13-5-3-4-6-14(13)10-15/h3-6,9,15,17,20H,7-8,10-11H2,1-2H3. The molecule has 1 N–H and O–H groups in total. The van der Waals surface area contributed by atoms with E-state index < -0.39 is 0 Å². The Hall–Kier alpha value is -1.61. The van der Waals surface area contributed by atoms with Crippen LogP contribution >= 0.6 is 0 Å². The SMILES string of the molecule is Cc1cc(CC(O)C2CCc3ccccc3C2)n(C)n1. The summed E-state index contributed by atoms with van der Waals surface area (Å²) in [5, 5.41) is 14.9. The Morgan fingerprint density at radius 2 is 2.10 bits per heavy atom. The first-order valence-electron chi connectivity index (χ1n) is 7.38. The Kier molecular flexibility index (Phi) is 3.62. The summed E-state index contributed by atoms with van der Waals surface area (Å²) in [7, 11) is 1.95. The van der Waals surface area contributed by atoms with E-state index in [1.165, 1.54) is 11.1 Å². The van der Waals surface area contributed by atoms with Gasteiger partial charge in [0.25, 0.3) is 0 Å². The van der Waals surface area contributed by atoms with Crippen molar-refractivity contribution in [2.75, 3.05) is 0 Å². The van der Waals surface area contributed by atoms with E-state index in [0.717, 1.165) is 30.7 Å². The van der Waals surface area contributed by atoms with Crippen LogP contribution in [0.1, 0.15) is 28.9 Å². The van der Waals surface area contributed by atoms with Gasteiger partial charge in [0.15, 0.2) is 0 Å². The van der Waals surface area contributed by atoms with Gasteiger partial charge < -0.3 is 5.11 Å². The van der Waals surface area contributed by atoms with Crippen LogP contribution in [0.5, 0.6) is 0 Å². The van der Waals surface area contributed by atoms with Crippen molar-refractivity contribution in [3.8, 4) is 0 Å². The highest BCUT2D eigenvalue weighted by atomic mass is 16.3. The largest absolute Gasteiger partial charge is 0.392 e. The summed E-state index contributed by atoms with van der Waals surface area (Å²) in [6.45, 7) is 1.99. The lowest BCUT2D eigenvalue weighted by atomic mass is 9.80. The molecular formula is C17H22N2O. The van der Waals surface area contributed by atoms with Crippen LogP contribution in [0.25, 0.3) is 0 Å². The first-order chi connectivity index (χ1) is 9.63. The third-order valence-electron chi connectivity index (χ3n) is 4.45. The highest BCUT2D eigenvalue weighted by molar-refractivity contribution is 5.30. The van der Waals surface area contributed by atoms with Gasteiger partial charge in [-0.05, 0) is 49.3 Å². The molecule has 0 saturated carbocycles. The van der Waals surface area contributed by atoms with E-state index >= 15 is 0 Å². The second kappa shape index (κ2) is 5.41. The fourth-order valence-electron chi connectivity index (χ4n) is 3.29. The van der Waals surface area contributed by atoms with Crippen molar-refractivity contribution in [3.63, 3.8) is 0 Å². The number of fused-ring (bicyclic) bond motifs is 1. The number of aliphatic hydroxyl groups is 1. The molecule has 3 heteroatoms. The van der Waals surface area contributed by atoms with Gasteiger partial charge in [-0.3, -0.25) is 4.68 Å². The van der Waals surface area contributed by atoms with Crippen LogP contribution in [0.2, 0.25) is 0 Å². The number of hydrogen-bond acceptors (Lipinski definition) is 2. The summed E-state index contributed by atoms with van der Waals surface area (Å²) in [6.07, 6.45) is 3.58. The molecule has 1 aromatic carbocycles. The average molecular weight is 270 g/mol. The second-order valence-corrected chi connectivity index (χ2v) is 5.94. The van der Waals surface area contributed by atoms with Crippen LogP contribution in [0.4, 0.5) is 0 Å². The molecule has 2 unspecified atom stereocenters. The molecule has 1 heterocycles. The van der Waals surface area contributed by atoms with Crippen molar-refractivity contribution in [2.45, 2.75) is 38.7 Å². The molecule has 0 aliphatic heterocycles. The van der Waals surface area contributed by atoms with Crippen molar-refractivity contribution in [1.82, 2.24) is 9.78 Å². The van der Waals surface area contributed by atoms with Gasteiger partial charge in [0, 0.05) is 19.2 Å². The number of aryl methyl sites for hydroxylation is 3. The zero-order valence-electron chi connectivity index (χ0n) is 12.2. The monoisotopic (exact) mass is 270 g/mol. The predicted octanol–water partition coefficient (Wildman–Crippen LogP) is 2.44. The fraction of sp³-hybridized carbons (Fsp3) is 0.471. The summed E-state index contributed by atoms with van der Waals surface area (Å²) < 4.78 is 1.88. The van der Waals surface area contributed by atoms with E-state index in [4.69, 9.17) is 0 Å². The third-order valence-corrected chi connectivity index (χ3v) is 4.45. The number of aromatic nitrogens is 2. The lowest BCUT2D eigenvalue weighted by Crippen LogP contribution is -2.29. The molecule has 1 aromatic heterocycles. The highest BCUT2D eigenvalue weighted by Crippen LogP contribution is 2.28. The zero-order chi connectivity index (χ0) is 14.1. The molecule has 0 radical (unpaired) electrons. The van der Waals surface area contributed by atoms with Crippen molar-refractivity contribution in [1.29, 1.82) is 0 Å². The van der Waals surface area contributed by atoms with E-state index in [-0.39, 0.29) is 6.10 Å². The van der Waals surface area contributed by atoms with Gasteiger partial charge in [-0.2, -0.15) is 5.10 Å². The van der Waals surface area contributed by atoms with Crippen LogP contribution in [0.3, 0.4) is 0 Å². The molecule has 3 rings (SSSR count). The molecule has 20 heavy (non-hydrogen) atoms. The zero-order valence-corrected chi connectivity index (χ0v) is 12.2. The molecule has 2 aromatic rings. The number of rotatable bonds is 3. The lowest BCUT2D eigenvalue weighted by Gasteiger charge is -2.28. The average Bonchev–Trinajstić information content (AvgIpc) is 2.76. The Labute approximate surface area is 120 Å². The molecule has 2 atom stereocenters. The van der Waals surface area contributed by atoms with E-state index in [1.807, 2.05) is 18.7 Å². The third kappa shape index (κ3) is 2.63. The highest BCUT2D eigenvalue weighted by Gasteiger charge is 2.25. The van der Waals surface area contributed by atoms with E-state index in [1.54, 1.807) is 0 Å². The molecule has 1 aliphatic rings. The van der Waals surface area contributed by atoms with Crippen molar-refractivity contribution in [2.24, 2.45) is 13.0 Å². The summed E-state index contributed by atoms with van der Waals surface area (Å²) in [5.74, 6) is 0.361. The summed E-state index contributed by atoms with van der Waals surface area (Å²) >= 11 is 0. The molecule has 0 spiro atoms. The van der Waals surface area contributed by atoms with Crippen molar-refractivity contribution >= 4 is 0 Å². The summed E-state index contributed by atoms with van der Waals surface area (Å²) in [5.41, 5.74) is 4.99. The van der Waals surface area contributed by atoms with Gasteiger partial charge in [-0.1, -0.05) is 24.3 Å². The minimum absolute atomic E-state index is 0.279. The molecule has 1 aliphatic carbocycles. The van der Waals surface area contributed by atoms with Gasteiger partial charge >= 0.3 is 0 Å². The Bertz CT molecular complexity index is 603. The van der Waals surface area contributed by atoms with Crippen molar-refractivity contribution in [3.05, 3.63) is 52.8 Å². The molecule has 0 amide bonds. The normalized spacial score (nSPS) is 19.6. The lowest BCUT2D eigenvalue weighted by molar-refractivity contribution is 0.0975. The van der Waals surface area contributed by atoms with Gasteiger partial charge in [0.2, 0.25) is 0 Å². The van der Waals surface area contributed by atoms with Crippen LogP contribution in [0, 0.1) is 12.8 Å². The molecule has 0 bridgehead atoms. The molecular weight excluding hydrogens is 248 g/mol. The molecule has 0 saturated heterocycles. The quantitative estimate of drug-likeness (QED) is 0.930. The van der Waals surface area contributed by atoms with Crippen molar-refractivity contribution < 1.29 is 5.11 Å². The Morgan fingerprint density at radius 3 is 2.80 bits per heavy atom. The van der Waals surface area contributed by atoms with Crippen LogP contribution < -0.4 is 0 Å². The van der Waals surface area contributed by atoms with Gasteiger partial charge in [-0.15, -0.1) is 0 Å².